The van der Waals surface area contributed by atoms with Crippen LogP contribution in [0.1, 0.15) is 58.8 Å². The third kappa shape index (κ3) is 3.95. The highest BCUT2D eigenvalue weighted by molar-refractivity contribution is 5.77. The van der Waals surface area contributed by atoms with E-state index in [0.717, 1.165) is 19.3 Å². The summed E-state index contributed by atoms with van der Waals surface area (Å²) in [6, 6.07) is 0. The van der Waals surface area contributed by atoms with Gasteiger partial charge in [0.15, 0.2) is 0 Å². The predicted molar refractivity (Wildman–Crippen MR) is 73.1 cm³/mol. The fourth-order valence-corrected chi connectivity index (χ4v) is 2.72. The number of rotatable bonds is 6. The molecule has 1 aliphatic carbocycles. The maximum Gasteiger partial charge on any atom is 0.221 e. The monoisotopic (exact) mass is 256 g/mol. The van der Waals surface area contributed by atoms with E-state index in [2.05, 4.69) is 5.32 Å². The van der Waals surface area contributed by atoms with Gasteiger partial charge in [-0.05, 0) is 38.1 Å². The van der Waals surface area contributed by atoms with Crippen molar-refractivity contribution in [3.05, 3.63) is 0 Å². The molecule has 1 rings (SSSR count). The van der Waals surface area contributed by atoms with Crippen LogP contribution in [0.4, 0.5) is 0 Å². The van der Waals surface area contributed by atoms with E-state index < -0.39 is 5.54 Å². The van der Waals surface area contributed by atoms with Gasteiger partial charge in [0.25, 0.3) is 0 Å². The average molecular weight is 256 g/mol. The van der Waals surface area contributed by atoms with Crippen molar-refractivity contribution in [3.63, 3.8) is 0 Å². The van der Waals surface area contributed by atoms with Crippen LogP contribution in [0.15, 0.2) is 0 Å². The summed E-state index contributed by atoms with van der Waals surface area (Å²) >= 11 is 0. The zero-order valence-corrected chi connectivity index (χ0v) is 11.8. The lowest BCUT2D eigenvalue weighted by molar-refractivity contribution is -0.126. The predicted octanol–water partition coefficient (Wildman–Crippen LogP) is 1.56. The van der Waals surface area contributed by atoms with E-state index in [1.165, 1.54) is 19.3 Å². The summed E-state index contributed by atoms with van der Waals surface area (Å²) in [7, 11) is 0. The fraction of sp³-hybridized carbons (Fsp3) is 0.929. The van der Waals surface area contributed by atoms with Gasteiger partial charge in [0, 0.05) is 6.42 Å². The number of carbonyl (C=O) groups is 1. The van der Waals surface area contributed by atoms with Crippen molar-refractivity contribution >= 4 is 5.91 Å². The second-order valence-corrected chi connectivity index (χ2v) is 6.06. The van der Waals surface area contributed by atoms with Crippen molar-refractivity contribution < 1.29 is 9.90 Å². The van der Waals surface area contributed by atoms with Crippen LogP contribution in [-0.2, 0) is 4.79 Å². The van der Waals surface area contributed by atoms with Crippen molar-refractivity contribution in [2.45, 2.75) is 64.3 Å². The van der Waals surface area contributed by atoms with Gasteiger partial charge in [-0.2, -0.15) is 0 Å². The first kappa shape index (κ1) is 15.4. The molecule has 106 valence electrons. The van der Waals surface area contributed by atoms with Gasteiger partial charge in [-0.15, -0.1) is 0 Å². The van der Waals surface area contributed by atoms with Gasteiger partial charge >= 0.3 is 0 Å². The molecule has 18 heavy (non-hydrogen) atoms. The Labute approximate surface area is 110 Å². The molecule has 1 unspecified atom stereocenters. The minimum Gasteiger partial charge on any atom is -0.394 e. The minimum absolute atomic E-state index is 0.00750. The molecular formula is C14H28N2O2. The van der Waals surface area contributed by atoms with Gasteiger partial charge in [-0.25, -0.2) is 0 Å². The first-order valence-corrected chi connectivity index (χ1v) is 7.11. The van der Waals surface area contributed by atoms with Crippen molar-refractivity contribution in [2.24, 2.45) is 11.1 Å². The molecular weight excluding hydrogens is 228 g/mol. The molecule has 0 aromatic heterocycles. The number of aliphatic hydroxyl groups is 1. The number of nitrogens with one attached hydrogen (secondary N) is 1. The van der Waals surface area contributed by atoms with Crippen LogP contribution < -0.4 is 11.1 Å². The number of nitrogens with two attached hydrogens (primary N) is 1. The average Bonchev–Trinajstić information content (AvgIpc) is 2.39. The van der Waals surface area contributed by atoms with Crippen molar-refractivity contribution in [3.8, 4) is 0 Å². The van der Waals surface area contributed by atoms with Crippen LogP contribution in [0, 0.1) is 5.41 Å². The Balaban J connectivity index is 2.57. The van der Waals surface area contributed by atoms with E-state index in [9.17, 15) is 9.90 Å². The summed E-state index contributed by atoms with van der Waals surface area (Å²) in [5, 5.41) is 12.3. The summed E-state index contributed by atoms with van der Waals surface area (Å²) in [5.41, 5.74) is 5.38. The SMILES string of the molecule is CCC(C)(CO)NC(=O)CC1(CN)CCCCC1. The van der Waals surface area contributed by atoms with Crippen LogP contribution >= 0.6 is 0 Å². The molecule has 0 saturated heterocycles. The second kappa shape index (κ2) is 6.53. The van der Waals surface area contributed by atoms with Crippen LogP contribution in [0.5, 0.6) is 0 Å². The lowest BCUT2D eigenvalue weighted by atomic mass is 9.71. The molecule has 1 atom stereocenters. The molecule has 0 aromatic rings. The quantitative estimate of drug-likeness (QED) is 0.675. The van der Waals surface area contributed by atoms with E-state index in [4.69, 9.17) is 5.73 Å². The van der Waals surface area contributed by atoms with Crippen molar-refractivity contribution in [1.29, 1.82) is 0 Å². The molecule has 1 fully saturated rings. The van der Waals surface area contributed by atoms with Crippen molar-refractivity contribution in [2.75, 3.05) is 13.2 Å². The molecule has 1 amide bonds. The lowest BCUT2D eigenvalue weighted by Crippen LogP contribution is -2.50. The molecule has 4 N–H and O–H groups in total. The molecule has 1 saturated carbocycles. The first-order chi connectivity index (χ1) is 8.49. The minimum atomic E-state index is -0.498. The summed E-state index contributed by atoms with van der Waals surface area (Å²) in [6.07, 6.45) is 6.94. The number of carbonyl (C=O) groups excluding carboxylic acids is 1. The number of aliphatic hydroxyl groups excluding tert-OH is 1. The molecule has 0 radical (unpaired) electrons. The largest absolute Gasteiger partial charge is 0.394 e. The highest BCUT2D eigenvalue weighted by atomic mass is 16.3. The number of amides is 1. The zero-order valence-electron chi connectivity index (χ0n) is 11.8. The second-order valence-electron chi connectivity index (χ2n) is 6.06. The molecule has 0 heterocycles. The zero-order chi connectivity index (χ0) is 13.6. The first-order valence-electron chi connectivity index (χ1n) is 7.11. The van der Waals surface area contributed by atoms with Gasteiger partial charge in [0.1, 0.15) is 0 Å². The molecule has 4 nitrogen and oxygen atoms in total. The maximum atomic E-state index is 12.1. The fourth-order valence-electron chi connectivity index (χ4n) is 2.72. The Morgan fingerprint density at radius 2 is 2.00 bits per heavy atom. The van der Waals surface area contributed by atoms with E-state index in [0.29, 0.717) is 13.0 Å². The maximum absolute atomic E-state index is 12.1. The van der Waals surface area contributed by atoms with E-state index in [-0.39, 0.29) is 17.9 Å². The normalized spacial score (nSPS) is 22.2. The molecule has 0 aromatic carbocycles. The Morgan fingerprint density at radius 1 is 1.39 bits per heavy atom. The van der Waals surface area contributed by atoms with Crippen LogP contribution in [0.2, 0.25) is 0 Å². The van der Waals surface area contributed by atoms with E-state index >= 15 is 0 Å². The van der Waals surface area contributed by atoms with E-state index in [1.807, 2.05) is 13.8 Å². The summed E-state index contributed by atoms with van der Waals surface area (Å²) < 4.78 is 0. The molecule has 0 bridgehead atoms. The van der Waals surface area contributed by atoms with Gasteiger partial charge < -0.3 is 16.2 Å². The summed E-state index contributed by atoms with van der Waals surface area (Å²) in [5.74, 6) is 0.0285. The van der Waals surface area contributed by atoms with Gasteiger partial charge in [-0.1, -0.05) is 26.2 Å². The molecule has 0 aliphatic heterocycles. The van der Waals surface area contributed by atoms with Gasteiger partial charge in [0.05, 0.1) is 12.1 Å². The standard InChI is InChI=1S/C14H28N2O2/c1-3-13(2,11-17)16-12(18)9-14(10-15)7-5-4-6-8-14/h17H,3-11,15H2,1-2H3,(H,16,18). The Bertz CT molecular complexity index is 269. The third-order valence-electron chi connectivity index (χ3n) is 4.45. The third-order valence-corrected chi connectivity index (χ3v) is 4.45. The summed E-state index contributed by atoms with van der Waals surface area (Å²) in [4.78, 5) is 12.1. The van der Waals surface area contributed by atoms with Gasteiger partial charge in [0.2, 0.25) is 5.91 Å². The highest BCUT2D eigenvalue weighted by Crippen LogP contribution is 2.38. The number of hydrogen-bond donors (Lipinski definition) is 3. The molecule has 1 aliphatic rings. The van der Waals surface area contributed by atoms with Crippen LogP contribution in [0.25, 0.3) is 0 Å². The smallest absolute Gasteiger partial charge is 0.221 e. The summed E-state index contributed by atoms with van der Waals surface area (Å²) in [6.45, 7) is 4.41. The highest BCUT2D eigenvalue weighted by Gasteiger charge is 2.34. The van der Waals surface area contributed by atoms with Crippen LogP contribution in [-0.4, -0.2) is 29.7 Å². The molecule has 4 heteroatoms. The Hall–Kier alpha value is -0.610. The van der Waals surface area contributed by atoms with Crippen molar-refractivity contribution in [1.82, 2.24) is 5.32 Å². The lowest BCUT2D eigenvalue weighted by Gasteiger charge is -2.37. The van der Waals surface area contributed by atoms with Gasteiger partial charge in [-0.3, -0.25) is 4.79 Å². The Kier molecular flexibility index (Phi) is 5.60. The van der Waals surface area contributed by atoms with Crippen LogP contribution in [0.3, 0.4) is 0 Å². The van der Waals surface area contributed by atoms with E-state index in [1.54, 1.807) is 0 Å². The topological polar surface area (TPSA) is 75.3 Å². The molecule has 0 spiro atoms. The number of hydrogen-bond acceptors (Lipinski definition) is 3. The Morgan fingerprint density at radius 3 is 2.44 bits per heavy atom.